The van der Waals surface area contributed by atoms with Gasteiger partial charge in [-0.1, -0.05) is 13.8 Å². The van der Waals surface area contributed by atoms with Crippen molar-refractivity contribution < 1.29 is 8.78 Å². The van der Waals surface area contributed by atoms with Crippen LogP contribution < -0.4 is 0 Å². The van der Waals surface area contributed by atoms with Crippen molar-refractivity contribution in [1.29, 1.82) is 0 Å². The van der Waals surface area contributed by atoms with E-state index in [0.717, 1.165) is 0 Å². The quantitative estimate of drug-likeness (QED) is 0.718. The summed E-state index contributed by atoms with van der Waals surface area (Å²) >= 11 is 3.19. The van der Waals surface area contributed by atoms with E-state index in [4.69, 9.17) is 0 Å². The van der Waals surface area contributed by atoms with Crippen molar-refractivity contribution >= 4 is 15.9 Å². The predicted molar refractivity (Wildman–Crippen MR) is 71.4 cm³/mol. The number of aromatic nitrogens is 1. The molecule has 0 spiro atoms. The van der Waals surface area contributed by atoms with Gasteiger partial charge in [0.2, 0.25) is 0 Å². The Morgan fingerprint density at radius 3 is 2.17 bits per heavy atom. The number of benzene rings is 1. The molecule has 0 aliphatic heterocycles. The highest BCUT2D eigenvalue weighted by atomic mass is 79.9. The van der Waals surface area contributed by atoms with E-state index in [9.17, 15) is 8.78 Å². The van der Waals surface area contributed by atoms with E-state index in [0.29, 0.717) is 15.7 Å². The molecule has 4 heteroatoms. The van der Waals surface area contributed by atoms with Crippen LogP contribution in [0.15, 0.2) is 35.1 Å². The zero-order valence-electron chi connectivity index (χ0n) is 10.0. The Balaban J connectivity index is 2.55. The van der Waals surface area contributed by atoms with Gasteiger partial charge in [-0.25, -0.2) is 13.8 Å². The van der Waals surface area contributed by atoms with Crippen molar-refractivity contribution in [1.82, 2.24) is 4.98 Å². The fourth-order valence-corrected chi connectivity index (χ4v) is 1.96. The fraction of sp³-hybridized carbons (Fsp3) is 0.214. The maximum absolute atomic E-state index is 14.0. The number of nitrogens with zero attached hydrogens (tertiary/aromatic N) is 1. The fourth-order valence-electron chi connectivity index (χ4n) is 1.73. The van der Waals surface area contributed by atoms with Crippen LogP contribution in [0.3, 0.4) is 0 Å². The molecule has 18 heavy (non-hydrogen) atoms. The maximum atomic E-state index is 14.0. The first-order chi connectivity index (χ1) is 8.49. The Labute approximate surface area is 113 Å². The van der Waals surface area contributed by atoms with Crippen LogP contribution in [0.4, 0.5) is 8.78 Å². The van der Waals surface area contributed by atoms with Crippen LogP contribution in [0.25, 0.3) is 11.1 Å². The molecule has 0 aliphatic carbocycles. The van der Waals surface area contributed by atoms with Crippen LogP contribution in [0.5, 0.6) is 0 Å². The summed E-state index contributed by atoms with van der Waals surface area (Å²) in [6, 6.07) is 6.05. The van der Waals surface area contributed by atoms with Crippen molar-refractivity contribution in [2.45, 2.75) is 19.8 Å². The van der Waals surface area contributed by atoms with E-state index in [1.165, 1.54) is 18.3 Å². The lowest BCUT2D eigenvalue weighted by Gasteiger charge is -2.10. The second kappa shape index (κ2) is 5.14. The number of hydrogen-bond donors (Lipinski definition) is 0. The van der Waals surface area contributed by atoms with Gasteiger partial charge in [0.15, 0.2) is 0 Å². The van der Waals surface area contributed by atoms with Gasteiger partial charge < -0.3 is 0 Å². The summed E-state index contributed by atoms with van der Waals surface area (Å²) in [5, 5.41) is 0. The predicted octanol–water partition coefficient (Wildman–Crippen LogP) is 4.91. The summed E-state index contributed by atoms with van der Waals surface area (Å²) in [5.74, 6) is -1.02. The largest absolute Gasteiger partial charge is 0.249 e. The van der Waals surface area contributed by atoms with Crippen LogP contribution in [0, 0.1) is 11.6 Å². The molecule has 0 fully saturated rings. The van der Waals surface area contributed by atoms with Gasteiger partial charge in [0.1, 0.15) is 16.2 Å². The molecular formula is C14H12BrF2N. The molecule has 0 amide bonds. The van der Waals surface area contributed by atoms with E-state index >= 15 is 0 Å². The molecule has 0 bridgehead atoms. The smallest absolute Gasteiger partial charge is 0.134 e. The topological polar surface area (TPSA) is 12.9 Å². The Morgan fingerprint density at radius 1 is 1.11 bits per heavy atom. The van der Waals surface area contributed by atoms with Gasteiger partial charge in [0.25, 0.3) is 0 Å². The second-order valence-corrected chi connectivity index (χ2v) is 5.20. The first-order valence-corrected chi connectivity index (χ1v) is 6.39. The first kappa shape index (κ1) is 13.1. The Hall–Kier alpha value is -1.29. The van der Waals surface area contributed by atoms with E-state index in [-0.39, 0.29) is 11.5 Å². The number of hydrogen-bond acceptors (Lipinski definition) is 1. The van der Waals surface area contributed by atoms with Crippen LogP contribution in [0.1, 0.15) is 25.3 Å². The molecule has 94 valence electrons. The minimum absolute atomic E-state index is 0.0283. The summed E-state index contributed by atoms with van der Waals surface area (Å²) in [7, 11) is 0. The average Bonchev–Trinajstić information content (AvgIpc) is 2.30. The lowest BCUT2D eigenvalue weighted by atomic mass is 9.98. The number of halogens is 3. The highest BCUT2D eigenvalue weighted by molar-refractivity contribution is 9.10. The molecule has 2 aromatic rings. The molecule has 0 saturated carbocycles. The minimum atomic E-state index is -0.553. The summed E-state index contributed by atoms with van der Waals surface area (Å²) in [6.45, 7) is 3.80. The summed E-state index contributed by atoms with van der Waals surface area (Å²) < 4.78 is 28.6. The maximum Gasteiger partial charge on any atom is 0.134 e. The minimum Gasteiger partial charge on any atom is -0.249 e. The SMILES string of the molecule is CC(C)c1cc(F)c(-c2ccc(Br)nc2)c(F)c1. The van der Waals surface area contributed by atoms with Gasteiger partial charge in [0.05, 0.1) is 5.56 Å². The van der Waals surface area contributed by atoms with Gasteiger partial charge in [0, 0.05) is 11.8 Å². The van der Waals surface area contributed by atoms with Gasteiger partial charge >= 0.3 is 0 Å². The molecule has 1 heterocycles. The molecule has 0 aliphatic rings. The zero-order chi connectivity index (χ0) is 13.3. The number of pyridine rings is 1. The third-order valence-corrected chi connectivity index (χ3v) is 3.22. The lowest BCUT2D eigenvalue weighted by Crippen LogP contribution is -1.96. The summed E-state index contributed by atoms with van der Waals surface area (Å²) in [5.41, 5.74) is 1.06. The standard InChI is InChI=1S/C14H12BrF2N/c1-8(2)10-5-11(16)14(12(17)6-10)9-3-4-13(15)18-7-9/h3-8H,1-2H3. The van der Waals surface area contributed by atoms with Gasteiger partial charge in [-0.3, -0.25) is 0 Å². The highest BCUT2D eigenvalue weighted by Crippen LogP contribution is 2.29. The molecule has 0 N–H and O–H groups in total. The van der Waals surface area contributed by atoms with Crippen molar-refractivity contribution in [2.24, 2.45) is 0 Å². The van der Waals surface area contributed by atoms with Gasteiger partial charge in [-0.2, -0.15) is 0 Å². The van der Waals surface area contributed by atoms with Gasteiger partial charge in [-0.15, -0.1) is 0 Å². The lowest BCUT2D eigenvalue weighted by molar-refractivity contribution is 0.583. The van der Waals surface area contributed by atoms with Crippen molar-refractivity contribution in [3.05, 3.63) is 52.3 Å². The summed E-state index contributed by atoms with van der Waals surface area (Å²) in [6.07, 6.45) is 1.45. The molecule has 1 aromatic carbocycles. The molecule has 0 unspecified atom stereocenters. The van der Waals surface area contributed by atoms with Gasteiger partial charge in [-0.05, 0) is 51.7 Å². The van der Waals surface area contributed by atoms with E-state index < -0.39 is 11.6 Å². The molecule has 0 radical (unpaired) electrons. The van der Waals surface area contributed by atoms with Crippen LogP contribution >= 0.6 is 15.9 Å². The van der Waals surface area contributed by atoms with Crippen LogP contribution in [-0.2, 0) is 0 Å². The van der Waals surface area contributed by atoms with Crippen LogP contribution in [0.2, 0.25) is 0 Å². The highest BCUT2D eigenvalue weighted by Gasteiger charge is 2.14. The van der Waals surface area contributed by atoms with Crippen molar-refractivity contribution in [3.8, 4) is 11.1 Å². The third-order valence-electron chi connectivity index (χ3n) is 2.75. The summed E-state index contributed by atoms with van der Waals surface area (Å²) in [4.78, 5) is 3.98. The van der Waals surface area contributed by atoms with E-state index in [1.807, 2.05) is 13.8 Å². The Morgan fingerprint density at radius 2 is 1.72 bits per heavy atom. The molecule has 2 rings (SSSR count). The van der Waals surface area contributed by atoms with E-state index in [2.05, 4.69) is 20.9 Å². The van der Waals surface area contributed by atoms with Crippen molar-refractivity contribution in [2.75, 3.05) is 0 Å². The molecular weight excluding hydrogens is 300 g/mol. The molecule has 0 atom stereocenters. The second-order valence-electron chi connectivity index (χ2n) is 4.38. The Kier molecular flexibility index (Phi) is 3.76. The molecule has 0 saturated heterocycles. The van der Waals surface area contributed by atoms with E-state index in [1.54, 1.807) is 12.1 Å². The first-order valence-electron chi connectivity index (χ1n) is 5.60. The zero-order valence-corrected chi connectivity index (χ0v) is 11.6. The number of rotatable bonds is 2. The third kappa shape index (κ3) is 2.58. The molecule has 1 nitrogen and oxygen atoms in total. The van der Waals surface area contributed by atoms with Crippen molar-refractivity contribution in [3.63, 3.8) is 0 Å². The Bertz CT molecular complexity index is 542. The monoisotopic (exact) mass is 311 g/mol. The normalized spacial score (nSPS) is 11.0. The van der Waals surface area contributed by atoms with Crippen LogP contribution in [-0.4, -0.2) is 4.98 Å². The average molecular weight is 312 g/mol. The molecule has 1 aromatic heterocycles.